The van der Waals surface area contributed by atoms with Crippen LogP contribution in [0.4, 0.5) is 8.78 Å². The lowest BCUT2D eigenvalue weighted by molar-refractivity contribution is -0.137. The molecule has 4 heterocycles. The third-order valence-corrected chi connectivity index (χ3v) is 10.8. The highest BCUT2D eigenvalue weighted by molar-refractivity contribution is 5.96. The Balaban J connectivity index is 1.29. The summed E-state index contributed by atoms with van der Waals surface area (Å²) in [4.78, 5) is 37.3. The second kappa shape index (κ2) is 12.3. The molecule has 2 aromatic carbocycles. The molecule has 1 saturated carbocycles. The number of nitrogens with one attached hydrogen (secondary N) is 4. The number of halogens is 2. The molecule has 1 aliphatic carbocycles. The molecule has 0 radical (unpaired) electrons. The number of aromatic nitrogens is 2. The summed E-state index contributed by atoms with van der Waals surface area (Å²) in [6, 6.07) is 8.80. The lowest BCUT2D eigenvalue weighted by Crippen LogP contribution is -2.51. The fourth-order valence-electron chi connectivity index (χ4n) is 8.22. The van der Waals surface area contributed by atoms with Gasteiger partial charge in [-0.2, -0.15) is 0 Å². The van der Waals surface area contributed by atoms with Crippen molar-refractivity contribution in [3.63, 3.8) is 0 Å². The van der Waals surface area contributed by atoms with Gasteiger partial charge in [-0.3, -0.25) is 9.59 Å². The van der Waals surface area contributed by atoms with E-state index in [2.05, 4.69) is 32.5 Å². The summed E-state index contributed by atoms with van der Waals surface area (Å²) < 4.78 is 29.1. The molecular weight excluding hydrogens is 602 g/mol. The summed E-state index contributed by atoms with van der Waals surface area (Å²) in [7, 11) is 3.86. The third-order valence-electron chi connectivity index (χ3n) is 10.8. The molecule has 2 aliphatic heterocycles. The number of likely N-dealkylation sites (N-methyl/N-ethyl adjacent to an activating group) is 2. The monoisotopic (exact) mass is 646 g/mol. The minimum absolute atomic E-state index is 0.0967. The number of amides is 2. The van der Waals surface area contributed by atoms with Crippen molar-refractivity contribution in [3.05, 3.63) is 59.2 Å². The summed E-state index contributed by atoms with van der Waals surface area (Å²) in [5.74, 6) is -1.19. The topological polar surface area (TPSA) is 116 Å². The number of likely N-dealkylation sites (tertiary alicyclic amines) is 2. The molecule has 2 aromatic heterocycles. The Morgan fingerprint density at radius 2 is 1.60 bits per heavy atom. The standard InChI is InChI=1S/C36H44F2N6O3/c1-4-29(40-32(46)17-39-2)35(47)44-18-24(45)13-22(44)14-27-25-7-5-20(37)11-30(25)41-33(27)34-28(26-8-6-21(38)12-31(26)42-34)15-23-16-36(9-10-36)19-43(23)3/h5-8,11-12,22-24,29,39,41-42,45H,4,9-10,13-19H2,1-3H3,(H,40,46). The van der Waals surface area contributed by atoms with E-state index in [1.165, 1.54) is 37.1 Å². The first-order chi connectivity index (χ1) is 22.6. The highest BCUT2D eigenvalue weighted by atomic mass is 19.1. The normalized spacial score (nSPS) is 22.9. The maximum atomic E-state index is 14.6. The molecule has 4 aromatic rings. The van der Waals surface area contributed by atoms with Crippen LogP contribution in [0.2, 0.25) is 0 Å². The van der Waals surface area contributed by atoms with E-state index in [1.54, 1.807) is 18.0 Å². The Labute approximate surface area is 273 Å². The van der Waals surface area contributed by atoms with Gasteiger partial charge >= 0.3 is 0 Å². The molecule has 0 bridgehead atoms. The first-order valence-corrected chi connectivity index (χ1v) is 16.8. The Kier molecular flexibility index (Phi) is 8.34. The van der Waals surface area contributed by atoms with Crippen molar-refractivity contribution in [1.29, 1.82) is 0 Å². The molecule has 47 heavy (non-hydrogen) atoms. The molecule has 4 atom stereocenters. The van der Waals surface area contributed by atoms with Gasteiger partial charge in [0.15, 0.2) is 0 Å². The van der Waals surface area contributed by atoms with Crippen molar-refractivity contribution in [3.8, 4) is 11.4 Å². The van der Waals surface area contributed by atoms with Crippen molar-refractivity contribution in [2.24, 2.45) is 5.41 Å². The Morgan fingerprint density at radius 3 is 2.13 bits per heavy atom. The quantitative estimate of drug-likeness (QED) is 0.177. The van der Waals surface area contributed by atoms with Crippen molar-refractivity contribution >= 4 is 33.6 Å². The molecular formula is C36H44F2N6O3. The number of hydrogen-bond acceptors (Lipinski definition) is 5. The van der Waals surface area contributed by atoms with E-state index < -0.39 is 12.1 Å². The molecule has 5 N–H and O–H groups in total. The minimum atomic E-state index is -0.714. The summed E-state index contributed by atoms with van der Waals surface area (Å²) in [6.45, 7) is 3.20. The van der Waals surface area contributed by atoms with Crippen LogP contribution in [0.1, 0.15) is 50.2 Å². The van der Waals surface area contributed by atoms with Gasteiger partial charge in [0.25, 0.3) is 0 Å². The highest BCUT2D eigenvalue weighted by Gasteiger charge is 2.50. The number of β-amino-alcohol motifs (C(OH)–C–C–N with tert-alkyl or cyclic N) is 1. The first kappa shape index (κ1) is 31.8. The molecule has 3 aliphatic rings. The average molecular weight is 647 g/mol. The van der Waals surface area contributed by atoms with Crippen molar-refractivity contribution < 1.29 is 23.5 Å². The molecule has 4 unspecified atom stereocenters. The summed E-state index contributed by atoms with van der Waals surface area (Å²) in [5.41, 5.74) is 5.35. The maximum absolute atomic E-state index is 14.6. The minimum Gasteiger partial charge on any atom is -0.391 e. The zero-order valence-corrected chi connectivity index (χ0v) is 27.3. The largest absolute Gasteiger partial charge is 0.391 e. The van der Waals surface area contributed by atoms with E-state index in [4.69, 9.17) is 0 Å². The van der Waals surface area contributed by atoms with Gasteiger partial charge in [0, 0.05) is 47.0 Å². The Morgan fingerprint density at radius 1 is 1.00 bits per heavy atom. The van der Waals surface area contributed by atoms with Gasteiger partial charge in [-0.05, 0) is 112 Å². The SMILES string of the molecule is CCC(NC(=O)CNC)C(=O)N1CC(O)CC1Cc1c(-c2[nH]c3cc(F)ccc3c2CC2CC3(CC3)CN2C)[nH]c2cc(F)ccc12. The van der Waals surface area contributed by atoms with Crippen LogP contribution in [0.15, 0.2) is 36.4 Å². The Bertz CT molecular complexity index is 1830. The van der Waals surface area contributed by atoms with Gasteiger partial charge in [-0.15, -0.1) is 0 Å². The summed E-state index contributed by atoms with van der Waals surface area (Å²) in [6.07, 6.45) is 4.91. The second-order valence-electron chi connectivity index (χ2n) is 14.1. The number of carbonyl (C=O) groups is 2. The van der Waals surface area contributed by atoms with E-state index in [0.29, 0.717) is 41.8 Å². The van der Waals surface area contributed by atoms with Gasteiger partial charge in [0.1, 0.15) is 17.7 Å². The number of nitrogens with zero attached hydrogens (tertiary/aromatic N) is 2. The highest BCUT2D eigenvalue weighted by Crippen LogP contribution is 2.55. The molecule has 3 fully saturated rings. The van der Waals surface area contributed by atoms with Gasteiger partial charge in [0.05, 0.1) is 24.0 Å². The Hall–Kier alpha value is -3.80. The van der Waals surface area contributed by atoms with Crippen molar-refractivity contribution in [1.82, 2.24) is 30.4 Å². The predicted octanol–water partition coefficient (Wildman–Crippen LogP) is 4.24. The van der Waals surface area contributed by atoms with Crippen LogP contribution in [0.5, 0.6) is 0 Å². The number of aromatic amines is 2. The van der Waals surface area contributed by atoms with Crippen LogP contribution in [-0.2, 0) is 22.4 Å². The average Bonchev–Trinajstić information content (AvgIpc) is 3.27. The molecule has 9 nitrogen and oxygen atoms in total. The van der Waals surface area contributed by atoms with Crippen molar-refractivity contribution in [2.45, 2.75) is 76.1 Å². The third kappa shape index (κ3) is 6.05. The van der Waals surface area contributed by atoms with Crippen LogP contribution in [-0.4, -0.2) is 94.6 Å². The van der Waals surface area contributed by atoms with Crippen LogP contribution in [0.3, 0.4) is 0 Å². The smallest absolute Gasteiger partial charge is 0.245 e. The number of aliphatic hydroxyl groups excluding tert-OH is 1. The fourth-order valence-corrected chi connectivity index (χ4v) is 8.22. The number of rotatable bonds is 10. The zero-order valence-electron chi connectivity index (χ0n) is 27.3. The van der Waals surface area contributed by atoms with Crippen LogP contribution in [0, 0.1) is 17.0 Å². The molecule has 2 amide bonds. The van der Waals surface area contributed by atoms with E-state index >= 15 is 0 Å². The van der Waals surface area contributed by atoms with Gasteiger partial charge in [-0.25, -0.2) is 8.78 Å². The number of aliphatic hydroxyl groups is 1. The summed E-state index contributed by atoms with van der Waals surface area (Å²) >= 11 is 0. The number of fused-ring (bicyclic) bond motifs is 2. The maximum Gasteiger partial charge on any atom is 0.245 e. The predicted molar refractivity (Wildman–Crippen MR) is 178 cm³/mol. The number of hydrogen-bond donors (Lipinski definition) is 5. The van der Waals surface area contributed by atoms with E-state index in [1.807, 2.05) is 13.0 Å². The van der Waals surface area contributed by atoms with Crippen LogP contribution >= 0.6 is 0 Å². The van der Waals surface area contributed by atoms with Crippen molar-refractivity contribution in [2.75, 3.05) is 33.7 Å². The molecule has 1 spiro atoms. The first-order valence-electron chi connectivity index (χ1n) is 16.8. The molecule has 2 saturated heterocycles. The zero-order chi connectivity index (χ0) is 33.0. The molecule has 250 valence electrons. The second-order valence-corrected chi connectivity index (χ2v) is 14.1. The molecule has 7 rings (SSSR count). The molecule has 11 heteroatoms. The van der Waals surface area contributed by atoms with Crippen LogP contribution < -0.4 is 10.6 Å². The summed E-state index contributed by atoms with van der Waals surface area (Å²) in [5, 5.41) is 18.2. The fraction of sp³-hybridized carbons (Fsp3) is 0.500. The van der Waals surface area contributed by atoms with E-state index in [-0.39, 0.29) is 42.6 Å². The van der Waals surface area contributed by atoms with E-state index in [0.717, 1.165) is 52.7 Å². The van der Waals surface area contributed by atoms with Gasteiger partial charge in [-0.1, -0.05) is 6.92 Å². The number of benzene rings is 2. The number of carbonyl (C=O) groups excluding carboxylic acids is 2. The van der Waals surface area contributed by atoms with Gasteiger partial charge < -0.3 is 35.5 Å². The van der Waals surface area contributed by atoms with E-state index in [9.17, 15) is 23.5 Å². The number of H-pyrrole nitrogens is 2. The lowest BCUT2D eigenvalue weighted by Gasteiger charge is -2.29. The van der Waals surface area contributed by atoms with Crippen LogP contribution in [0.25, 0.3) is 33.2 Å². The lowest BCUT2D eigenvalue weighted by atomic mass is 9.93. The van der Waals surface area contributed by atoms with Gasteiger partial charge in [0.2, 0.25) is 11.8 Å².